The third-order valence-corrected chi connectivity index (χ3v) is 2.12. The minimum atomic E-state index is -0.871. The zero-order chi connectivity index (χ0) is 10.6. The van der Waals surface area contributed by atoms with E-state index in [2.05, 4.69) is 5.16 Å². The Labute approximate surface area is 83.9 Å². The molecule has 1 aliphatic heterocycles. The van der Waals surface area contributed by atoms with Gasteiger partial charge in [-0.05, 0) is 13.3 Å². The van der Waals surface area contributed by atoms with Crippen molar-refractivity contribution < 1.29 is 19.3 Å². The van der Waals surface area contributed by atoms with E-state index in [4.69, 9.17) is 19.3 Å². The summed E-state index contributed by atoms with van der Waals surface area (Å²) < 4.78 is 5.55. The molecule has 0 spiro atoms. The van der Waals surface area contributed by atoms with Gasteiger partial charge in [0.05, 0.1) is 0 Å². The maximum Gasteiger partial charge on any atom is 0.246 e. The summed E-state index contributed by atoms with van der Waals surface area (Å²) in [5, 5.41) is 3.89. The topological polar surface area (TPSA) is 49.3 Å². The average Bonchev–Trinajstić information content (AvgIpc) is 2.57. The van der Waals surface area contributed by atoms with Crippen LogP contribution < -0.4 is 0 Å². The smallest absolute Gasteiger partial charge is 0.246 e. The molecule has 0 aliphatic carbocycles. The van der Waals surface area contributed by atoms with E-state index < -0.39 is 5.79 Å². The van der Waals surface area contributed by atoms with Gasteiger partial charge in [0.25, 0.3) is 0 Å². The summed E-state index contributed by atoms with van der Waals surface area (Å²) in [4.78, 5) is 14.8. The largest absolute Gasteiger partial charge is 0.399 e. The fourth-order valence-electron chi connectivity index (χ4n) is 1.43. The van der Waals surface area contributed by atoms with Gasteiger partial charge in [0, 0.05) is 6.42 Å². The lowest BCUT2D eigenvalue weighted by Crippen LogP contribution is -2.39. The minimum Gasteiger partial charge on any atom is -0.399 e. The molecule has 1 heterocycles. The summed E-state index contributed by atoms with van der Waals surface area (Å²) in [6.07, 6.45) is 0.953. The second kappa shape index (κ2) is 4.72. The molecule has 14 heavy (non-hydrogen) atoms. The summed E-state index contributed by atoms with van der Waals surface area (Å²) in [5.74, 6) is -0.871. The Morgan fingerprint density at radius 2 is 2.21 bits per heavy atom. The van der Waals surface area contributed by atoms with Crippen LogP contribution in [0.4, 0.5) is 0 Å². The van der Waals surface area contributed by atoms with Crippen molar-refractivity contribution >= 4 is 5.71 Å². The van der Waals surface area contributed by atoms with Crippen molar-refractivity contribution in [3.05, 3.63) is 0 Å². The van der Waals surface area contributed by atoms with Crippen LogP contribution >= 0.6 is 0 Å². The number of ether oxygens (including phenoxy) is 1. The fraction of sp³-hybridized carbons (Fsp3) is 0.889. The first-order valence-corrected chi connectivity index (χ1v) is 4.81. The molecule has 1 saturated heterocycles. The Balaban J connectivity index is 2.83. The number of hydrogen-bond acceptors (Lipinski definition) is 5. The maximum absolute atomic E-state index is 5.55. The van der Waals surface area contributed by atoms with Crippen LogP contribution in [0, 0.1) is 0 Å². The molecular formula is C9H17NO4. The van der Waals surface area contributed by atoms with E-state index in [-0.39, 0.29) is 6.29 Å². The normalized spacial score (nSPS) is 33.4. The minimum absolute atomic E-state index is 0.372. The van der Waals surface area contributed by atoms with Crippen LogP contribution in [-0.2, 0) is 19.3 Å². The molecule has 2 atom stereocenters. The van der Waals surface area contributed by atoms with Gasteiger partial charge < -0.3 is 9.57 Å². The second-order valence-electron chi connectivity index (χ2n) is 3.05. The highest BCUT2D eigenvalue weighted by Gasteiger charge is 2.45. The first kappa shape index (κ1) is 11.4. The molecule has 1 aliphatic rings. The number of nitrogens with zero attached hydrogens (tertiary/aromatic N) is 1. The van der Waals surface area contributed by atoms with Gasteiger partial charge in [-0.25, -0.2) is 4.89 Å². The average molecular weight is 203 g/mol. The predicted octanol–water partition coefficient (Wildman–Crippen LogP) is 1.83. The van der Waals surface area contributed by atoms with Gasteiger partial charge in [0.2, 0.25) is 5.79 Å². The molecule has 0 N–H and O–H groups in total. The molecule has 82 valence electrons. The Bertz CT molecular complexity index is 219. The van der Waals surface area contributed by atoms with Gasteiger partial charge in [-0.2, -0.15) is 4.89 Å². The third kappa shape index (κ3) is 2.05. The fourth-order valence-corrected chi connectivity index (χ4v) is 1.43. The Morgan fingerprint density at radius 3 is 2.57 bits per heavy atom. The van der Waals surface area contributed by atoms with E-state index in [1.807, 2.05) is 13.8 Å². The molecule has 0 radical (unpaired) electrons. The highest BCUT2D eigenvalue weighted by Crippen LogP contribution is 2.30. The molecule has 1 fully saturated rings. The monoisotopic (exact) mass is 203 g/mol. The Hall–Kier alpha value is -0.650. The van der Waals surface area contributed by atoms with Crippen molar-refractivity contribution in [1.29, 1.82) is 0 Å². The van der Waals surface area contributed by atoms with Crippen molar-refractivity contribution in [3.8, 4) is 0 Å². The maximum atomic E-state index is 5.55. The molecule has 2 unspecified atom stereocenters. The van der Waals surface area contributed by atoms with Gasteiger partial charge in [-0.3, -0.25) is 0 Å². The van der Waals surface area contributed by atoms with Gasteiger partial charge in [-0.1, -0.05) is 19.0 Å². The van der Waals surface area contributed by atoms with Crippen molar-refractivity contribution in [2.75, 3.05) is 7.11 Å². The summed E-state index contributed by atoms with van der Waals surface area (Å²) in [6, 6.07) is 0. The second-order valence-corrected chi connectivity index (χ2v) is 3.05. The molecule has 0 saturated carbocycles. The Kier molecular flexibility index (Phi) is 3.86. The molecule has 0 amide bonds. The van der Waals surface area contributed by atoms with Crippen LogP contribution in [0.3, 0.4) is 0 Å². The van der Waals surface area contributed by atoms with Crippen LogP contribution in [0.1, 0.15) is 33.6 Å². The number of hydrogen-bond donors (Lipinski definition) is 0. The van der Waals surface area contributed by atoms with Crippen molar-refractivity contribution in [2.24, 2.45) is 5.16 Å². The van der Waals surface area contributed by atoms with E-state index in [9.17, 15) is 0 Å². The van der Waals surface area contributed by atoms with Crippen LogP contribution in [-0.4, -0.2) is 24.9 Å². The van der Waals surface area contributed by atoms with E-state index in [0.29, 0.717) is 18.6 Å². The Morgan fingerprint density at radius 1 is 1.50 bits per heavy atom. The van der Waals surface area contributed by atoms with E-state index in [0.717, 1.165) is 0 Å². The number of oxime groups is 1. The lowest BCUT2D eigenvalue weighted by Gasteiger charge is -2.23. The van der Waals surface area contributed by atoms with Crippen molar-refractivity contribution in [2.45, 2.75) is 45.7 Å². The summed E-state index contributed by atoms with van der Waals surface area (Å²) >= 11 is 0. The van der Waals surface area contributed by atoms with Crippen LogP contribution in [0.5, 0.6) is 0 Å². The van der Waals surface area contributed by atoms with E-state index in [1.54, 1.807) is 6.92 Å². The molecule has 1 rings (SSSR count). The van der Waals surface area contributed by atoms with Crippen LogP contribution in [0.15, 0.2) is 5.16 Å². The van der Waals surface area contributed by atoms with Crippen LogP contribution in [0.2, 0.25) is 0 Å². The molecule has 0 aromatic carbocycles. The highest BCUT2D eigenvalue weighted by molar-refractivity contribution is 5.90. The summed E-state index contributed by atoms with van der Waals surface area (Å²) in [5.41, 5.74) is 0.701. The quantitative estimate of drug-likeness (QED) is 0.397. The standard InChI is InChI=1S/C9H17NO4/c1-5-8(10-11-4)9(6-2)12-7(3)13-14-9/h7H,5-6H2,1-4H3/b10-8+. The molecule has 0 aromatic heterocycles. The van der Waals surface area contributed by atoms with Gasteiger partial charge in [0.15, 0.2) is 6.29 Å². The molecule has 5 heteroatoms. The summed E-state index contributed by atoms with van der Waals surface area (Å²) in [7, 11) is 1.50. The SMILES string of the molecule is CC/C(=N\OC)C1(CC)OOC(C)O1. The van der Waals surface area contributed by atoms with Crippen LogP contribution in [0.25, 0.3) is 0 Å². The third-order valence-electron chi connectivity index (χ3n) is 2.12. The molecule has 0 aromatic rings. The molecule has 5 nitrogen and oxygen atoms in total. The van der Waals surface area contributed by atoms with E-state index in [1.165, 1.54) is 7.11 Å². The number of rotatable bonds is 4. The molecule has 0 bridgehead atoms. The lowest BCUT2D eigenvalue weighted by atomic mass is 10.1. The van der Waals surface area contributed by atoms with Gasteiger partial charge in [-0.15, -0.1) is 0 Å². The lowest BCUT2D eigenvalue weighted by molar-refractivity contribution is -0.310. The first-order chi connectivity index (χ1) is 6.68. The zero-order valence-corrected chi connectivity index (χ0v) is 9.07. The van der Waals surface area contributed by atoms with E-state index >= 15 is 0 Å². The highest BCUT2D eigenvalue weighted by atomic mass is 17.3. The van der Waals surface area contributed by atoms with Gasteiger partial charge >= 0.3 is 0 Å². The first-order valence-electron chi connectivity index (χ1n) is 4.81. The van der Waals surface area contributed by atoms with Crippen molar-refractivity contribution in [1.82, 2.24) is 0 Å². The van der Waals surface area contributed by atoms with Crippen molar-refractivity contribution in [3.63, 3.8) is 0 Å². The summed E-state index contributed by atoms with van der Waals surface area (Å²) in [6.45, 7) is 5.69. The zero-order valence-electron chi connectivity index (χ0n) is 9.07. The predicted molar refractivity (Wildman–Crippen MR) is 50.5 cm³/mol. The van der Waals surface area contributed by atoms with Gasteiger partial charge in [0.1, 0.15) is 12.8 Å². The molecular weight excluding hydrogens is 186 g/mol.